The number of benzene rings is 2. The number of hydrogen-bond acceptors (Lipinski definition) is 4. The van der Waals surface area contributed by atoms with Crippen LogP contribution in [0.1, 0.15) is 205 Å². The summed E-state index contributed by atoms with van der Waals surface area (Å²) < 4.78 is 14.6. The first-order chi connectivity index (χ1) is 28.0. The molecule has 0 unspecified atom stereocenters. The standard InChI is InChI=1S/C52H94N4O2/c1-9-11-13-15-17-19-21-23-25-27-29-31-33-35-41-57-51-43-49(39-37-47(51)45-55(3,4)5)53-54-50-40-38-48(46-56(6,7)8)52(44-50)58-42-36-34-32-30-28-26-24-22-20-18-16-14-12-10-2/h37-40,43-44H,9-36,41-42,45-46H2,1-8H3/q+2. The van der Waals surface area contributed by atoms with Crippen molar-refractivity contribution in [3.63, 3.8) is 0 Å². The van der Waals surface area contributed by atoms with Crippen LogP contribution in [-0.2, 0) is 13.1 Å². The lowest BCUT2D eigenvalue weighted by molar-refractivity contribution is -0.884. The molecule has 0 fully saturated rings. The Morgan fingerprint density at radius 1 is 0.362 bits per heavy atom. The van der Waals surface area contributed by atoms with Crippen LogP contribution in [0, 0.1) is 0 Å². The zero-order chi connectivity index (χ0) is 42.2. The molecule has 0 spiro atoms. The number of quaternary nitrogens is 2. The summed E-state index contributed by atoms with van der Waals surface area (Å²) in [6.07, 6.45) is 38.1. The van der Waals surface area contributed by atoms with Gasteiger partial charge >= 0.3 is 0 Å². The van der Waals surface area contributed by atoms with E-state index in [1.54, 1.807) is 0 Å². The van der Waals surface area contributed by atoms with E-state index in [1.807, 2.05) is 0 Å². The quantitative estimate of drug-likeness (QED) is 0.0385. The van der Waals surface area contributed by atoms with Crippen molar-refractivity contribution in [1.29, 1.82) is 0 Å². The Labute approximate surface area is 360 Å². The molecule has 0 saturated heterocycles. The van der Waals surface area contributed by atoms with Crippen molar-refractivity contribution >= 4 is 11.4 Å². The lowest BCUT2D eigenvalue weighted by atomic mass is 10.0. The second-order valence-corrected chi connectivity index (χ2v) is 19.6. The second-order valence-electron chi connectivity index (χ2n) is 19.6. The highest BCUT2D eigenvalue weighted by Crippen LogP contribution is 2.31. The zero-order valence-electron chi connectivity index (χ0n) is 39.7. The van der Waals surface area contributed by atoms with Crippen LogP contribution < -0.4 is 9.47 Å². The average Bonchev–Trinajstić information content (AvgIpc) is 3.17. The van der Waals surface area contributed by atoms with Crippen molar-refractivity contribution in [1.82, 2.24) is 0 Å². The number of hydrogen-bond donors (Lipinski definition) is 0. The van der Waals surface area contributed by atoms with Gasteiger partial charge in [-0.3, -0.25) is 0 Å². The molecule has 2 aromatic carbocycles. The van der Waals surface area contributed by atoms with Gasteiger partial charge in [0.05, 0.1) is 66.9 Å². The molecule has 0 aliphatic carbocycles. The van der Waals surface area contributed by atoms with Crippen LogP contribution in [0.5, 0.6) is 11.5 Å². The summed E-state index contributed by atoms with van der Waals surface area (Å²) in [4.78, 5) is 0. The van der Waals surface area contributed by atoms with E-state index in [0.29, 0.717) is 0 Å². The molecule has 0 N–H and O–H groups in total. The third kappa shape index (κ3) is 28.1. The highest BCUT2D eigenvalue weighted by Gasteiger charge is 2.16. The molecule has 6 nitrogen and oxygen atoms in total. The molecular weight excluding hydrogens is 713 g/mol. The van der Waals surface area contributed by atoms with Gasteiger partial charge in [-0.05, 0) is 37.1 Å². The van der Waals surface area contributed by atoms with E-state index < -0.39 is 0 Å². The minimum absolute atomic E-state index is 0.747. The van der Waals surface area contributed by atoms with Crippen LogP contribution in [0.25, 0.3) is 0 Å². The van der Waals surface area contributed by atoms with Crippen LogP contribution in [0.3, 0.4) is 0 Å². The molecule has 0 atom stereocenters. The molecule has 58 heavy (non-hydrogen) atoms. The second kappa shape index (κ2) is 32.3. The number of nitrogens with zero attached hydrogens (tertiary/aromatic N) is 4. The first-order valence-corrected chi connectivity index (χ1v) is 24.5. The minimum atomic E-state index is 0.747. The number of ether oxygens (including phenoxy) is 2. The molecule has 6 heteroatoms. The Kier molecular flexibility index (Phi) is 28.8. The fourth-order valence-electron chi connectivity index (χ4n) is 7.84. The molecule has 0 radical (unpaired) electrons. The van der Waals surface area contributed by atoms with Gasteiger partial charge in [0.25, 0.3) is 0 Å². The Morgan fingerprint density at radius 3 is 0.879 bits per heavy atom. The Balaban J connectivity index is 1.83. The van der Waals surface area contributed by atoms with Crippen LogP contribution in [-0.4, -0.2) is 64.5 Å². The molecule has 0 aromatic heterocycles. The van der Waals surface area contributed by atoms with Gasteiger partial charge < -0.3 is 18.4 Å². The molecule has 332 valence electrons. The van der Waals surface area contributed by atoms with Gasteiger partial charge in [0.2, 0.25) is 0 Å². The SMILES string of the molecule is CCCCCCCCCCCCCCCCOc1cc(N=Nc2ccc(C[N+](C)(C)C)c(OCCCCCCCCCCCCCCCC)c2)ccc1C[N+](C)(C)C. The van der Waals surface area contributed by atoms with Gasteiger partial charge in [0, 0.05) is 23.3 Å². The van der Waals surface area contributed by atoms with Crippen LogP contribution in [0.4, 0.5) is 11.4 Å². The summed E-state index contributed by atoms with van der Waals surface area (Å²) in [5.74, 6) is 1.88. The largest absolute Gasteiger partial charge is 0.493 e. The van der Waals surface area contributed by atoms with Gasteiger partial charge in [-0.2, -0.15) is 10.2 Å². The number of unbranched alkanes of at least 4 members (excludes halogenated alkanes) is 26. The first kappa shape index (κ1) is 51.7. The maximum atomic E-state index is 6.45. The molecule has 0 amide bonds. The molecular formula is C52H94N4O2+2. The van der Waals surface area contributed by atoms with E-state index in [4.69, 9.17) is 19.7 Å². The van der Waals surface area contributed by atoms with E-state index >= 15 is 0 Å². The molecule has 0 aliphatic rings. The van der Waals surface area contributed by atoms with Gasteiger partial charge in [0.15, 0.2) is 0 Å². The summed E-state index contributed by atoms with van der Waals surface area (Å²) in [5, 5.41) is 9.40. The summed E-state index contributed by atoms with van der Waals surface area (Å²) >= 11 is 0. The van der Waals surface area contributed by atoms with Crippen LogP contribution in [0.15, 0.2) is 46.6 Å². The van der Waals surface area contributed by atoms with E-state index in [-0.39, 0.29) is 0 Å². The topological polar surface area (TPSA) is 43.2 Å². The van der Waals surface area contributed by atoms with Gasteiger partial charge in [-0.25, -0.2) is 0 Å². The maximum absolute atomic E-state index is 6.45. The molecule has 0 aliphatic heterocycles. The maximum Gasteiger partial charge on any atom is 0.130 e. The van der Waals surface area contributed by atoms with Crippen molar-refractivity contribution in [3.05, 3.63) is 47.5 Å². The van der Waals surface area contributed by atoms with Crippen molar-refractivity contribution in [2.24, 2.45) is 10.2 Å². The zero-order valence-corrected chi connectivity index (χ0v) is 39.7. The van der Waals surface area contributed by atoms with E-state index in [0.717, 1.165) is 71.0 Å². The lowest BCUT2D eigenvalue weighted by Crippen LogP contribution is -2.33. The van der Waals surface area contributed by atoms with Crippen molar-refractivity contribution in [2.75, 3.05) is 55.5 Å². The Bertz CT molecular complexity index is 1210. The highest BCUT2D eigenvalue weighted by atomic mass is 16.5. The first-order valence-electron chi connectivity index (χ1n) is 24.5. The number of rotatable bonds is 38. The van der Waals surface area contributed by atoms with Crippen LogP contribution in [0.2, 0.25) is 0 Å². The number of azo groups is 1. The third-order valence-corrected chi connectivity index (χ3v) is 11.2. The fraction of sp³-hybridized carbons (Fsp3) is 0.769. The molecule has 0 bridgehead atoms. The summed E-state index contributed by atoms with van der Waals surface area (Å²) in [6.45, 7) is 7.89. The van der Waals surface area contributed by atoms with Gasteiger partial charge in [-0.1, -0.05) is 181 Å². The van der Waals surface area contributed by atoms with E-state index in [1.165, 1.54) is 178 Å². The smallest absolute Gasteiger partial charge is 0.130 e. The van der Waals surface area contributed by atoms with Crippen molar-refractivity contribution in [3.8, 4) is 11.5 Å². The van der Waals surface area contributed by atoms with Crippen molar-refractivity contribution < 1.29 is 18.4 Å². The highest BCUT2D eigenvalue weighted by molar-refractivity contribution is 5.50. The van der Waals surface area contributed by atoms with Gasteiger partial charge in [0.1, 0.15) is 24.6 Å². The minimum Gasteiger partial charge on any atom is -0.493 e. The summed E-state index contributed by atoms with van der Waals surface area (Å²) in [6, 6.07) is 12.7. The summed E-state index contributed by atoms with van der Waals surface area (Å²) in [5.41, 5.74) is 4.09. The molecule has 2 rings (SSSR count). The van der Waals surface area contributed by atoms with Crippen LogP contribution >= 0.6 is 0 Å². The predicted molar refractivity (Wildman–Crippen MR) is 252 cm³/mol. The van der Waals surface area contributed by atoms with E-state index in [2.05, 4.69) is 92.5 Å². The Morgan fingerprint density at radius 2 is 0.621 bits per heavy atom. The lowest BCUT2D eigenvalue weighted by Gasteiger charge is -2.25. The Hall–Kier alpha value is -2.44. The molecule has 0 heterocycles. The molecule has 2 aromatic rings. The predicted octanol–water partition coefficient (Wildman–Crippen LogP) is 16.2. The third-order valence-electron chi connectivity index (χ3n) is 11.2. The van der Waals surface area contributed by atoms with E-state index in [9.17, 15) is 0 Å². The van der Waals surface area contributed by atoms with Crippen molar-refractivity contribution in [2.45, 2.75) is 207 Å². The average molecular weight is 807 g/mol. The monoisotopic (exact) mass is 807 g/mol. The molecule has 0 saturated carbocycles. The van der Waals surface area contributed by atoms with Gasteiger partial charge in [-0.15, -0.1) is 0 Å². The normalized spacial score (nSPS) is 12.2. The fourth-order valence-corrected chi connectivity index (χ4v) is 7.84. The summed E-state index contributed by atoms with van der Waals surface area (Å²) in [7, 11) is 13.4.